The molecule has 3 nitrogen and oxygen atoms in total. The third-order valence-electron chi connectivity index (χ3n) is 1.93. The topological polar surface area (TPSA) is 35.5 Å². The lowest BCUT2D eigenvalue weighted by molar-refractivity contribution is -0.203. The first kappa shape index (κ1) is 12.6. The van der Waals surface area contributed by atoms with Crippen LogP contribution in [0.25, 0.3) is 0 Å². The van der Waals surface area contributed by atoms with Gasteiger partial charge >= 0.3 is 5.97 Å². The number of ether oxygens (including phenoxy) is 2. The first-order chi connectivity index (χ1) is 7.53. The molecule has 3 heteroatoms. The fraction of sp³-hybridized carbons (Fsp3) is 0.462. The van der Waals surface area contributed by atoms with Gasteiger partial charge in [0.25, 0.3) is 0 Å². The first-order valence-electron chi connectivity index (χ1n) is 5.50. The monoisotopic (exact) mass is 222 g/mol. The number of cyclic esters (lactones) is 1. The smallest absolute Gasteiger partial charge is 0.337 e. The highest BCUT2D eigenvalue weighted by Crippen LogP contribution is 2.22. The summed E-state index contributed by atoms with van der Waals surface area (Å²) in [5.74, 6) is -0.714. The Kier molecular flexibility index (Phi) is 4.35. The van der Waals surface area contributed by atoms with Gasteiger partial charge in [-0.05, 0) is 12.5 Å². The second-order valence-corrected chi connectivity index (χ2v) is 4.05. The molecule has 1 aliphatic heterocycles. The molecule has 0 aromatic rings. The summed E-state index contributed by atoms with van der Waals surface area (Å²) in [6, 6.07) is 0. The van der Waals surface area contributed by atoms with Gasteiger partial charge in [-0.1, -0.05) is 31.6 Å². The number of esters is 1. The van der Waals surface area contributed by atoms with E-state index < -0.39 is 5.79 Å². The van der Waals surface area contributed by atoms with Gasteiger partial charge in [-0.25, -0.2) is 4.79 Å². The van der Waals surface area contributed by atoms with Crippen molar-refractivity contribution in [3.8, 4) is 0 Å². The number of carbonyl (C=O) groups is 1. The number of hydrogen-bond acceptors (Lipinski definition) is 3. The van der Waals surface area contributed by atoms with Crippen LogP contribution in [0.15, 0.2) is 36.1 Å². The van der Waals surface area contributed by atoms with Crippen molar-refractivity contribution >= 4 is 5.97 Å². The number of rotatable bonds is 4. The van der Waals surface area contributed by atoms with Crippen molar-refractivity contribution in [3.63, 3.8) is 0 Å². The van der Waals surface area contributed by atoms with Gasteiger partial charge < -0.3 is 9.47 Å². The van der Waals surface area contributed by atoms with Gasteiger partial charge in [0.1, 0.15) is 5.76 Å². The summed E-state index contributed by atoms with van der Waals surface area (Å²) in [7, 11) is 0. The second-order valence-electron chi connectivity index (χ2n) is 4.05. The highest BCUT2D eigenvalue weighted by Gasteiger charge is 2.28. The molecule has 0 bridgehead atoms. The Morgan fingerprint density at radius 3 is 2.69 bits per heavy atom. The molecular weight excluding hydrogens is 204 g/mol. The minimum absolute atomic E-state index is 0.367. The van der Waals surface area contributed by atoms with Crippen LogP contribution in [0.3, 0.4) is 0 Å². The quantitative estimate of drug-likeness (QED) is 0.541. The fourth-order valence-corrected chi connectivity index (χ4v) is 1.30. The number of carbonyl (C=O) groups excluding carboxylic acids is 1. The van der Waals surface area contributed by atoms with E-state index in [9.17, 15) is 4.79 Å². The molecule has 0 aromatic heterocycles. The van der Waals surface area contributed by atoms with Gasteiger partial charge in [-0.2, -0.15) is 0 Å². The summed E-state index contributed by atoms with van der Waals surface area (Å²) < 4.78 is 10.4. The van der Waals surface area contributed by atoms with E-state index >= 15 is 0 Å². The Hall–Kier alpha value is -1.51. The van der Waals surface area contributed by atoms with E-state index in [1.165, 1.54) is 6.08 Å². The summed E-state index contributed by atoms with van der Waals surface area (Å²) in [5.41, 5.74) is 0. The van der Waals surface area contributed by atoms with Crippen molar-refractivity contribution in [1.29, 1.82) is 0 Å². The molecule has 88 valence electrons. The van der Waals surface area contributed by atoms with E-state index in [1.54, 1.807) is 19.9 Å². The first-order valence-corrected chi connectivity index (χ1v) is 5.50. The molecular formula is C13H18O3. The average molecular weight is 222 g/mol. The molecule has 0 saturated carbocycles. The molecule has 0 fully saturated rings. The van der Waals surface area contributed by atoms with Gasteiger partial charge in [0, 0.05) is 13.8 Å². The Morgan fingerprint density at radius 1 is 1.31 bits per heavy atom. The summed E-state index contributed by atoms with van der Waals surface area (Å²) in [5, 5.41) is 0. The Morgan fingerprint density at radius 2 is 2.06 bits per heavy atom. The van der Waals surface area contributed by atoms with Crippen LogP contribution in [-0.2, 0) is 14.3 Å². The average Bonchev–Trinajstić information content (AvgIpc) is 2.14. The van der Waals surface area contributed by atoms with E-state index in [4.69, 9.17) is 9.47 Å². The van der Waals surface area contributed by atoms with Crippen molar-refractivity contribution in [2.24, 2.45) is 0 Å². The van der Waals surface area contributed by atoms with Crippen molar-refractivity contribution in [3.05, 3.63) is 36.1 Å². The highest BCUT2D eigenvalue weighted by molar-refractivity contribution is 5.83. The molecule has 0 saturated heterocycles. The maximum atomic E-state index is 11.2. The standard InChI is InChI=1S/C13H18O3/c1-4-5-6-7-8-9-11-10-12(14)16-13(2,3)15-11/h6-10H,4-5H2,1-3H3/b7-6+,9-8+. The number of allylic oxidation sites excluding steroid dienone is 4. The molecule has 1 aliphatic rings. The van der Waals surface area contributed by atoms with Crippen molar-refractivity contribution in [2.75, 3.05) is 0 Å². The zero-order chi connectivity index (χ0) is 12.0. The largest absolute Gasteiger partial charge is 0.453 e. The van der Waals surface area contributed by atoms with Crippen LogP contribution < -0.4 is 0 Å². The van der Waals surface area contributed by atoms with Gasteiger partial charge in [-0.3, -0.25) is 0 Å². The minimum Gasteiger partial charge on any atom is -0.453 e. The summed E-state index contributed by atoms with van der Waals surface area (Å²) >= 11 is 0. The molecule has 0 radical (unpaired) electrons. The molecule has 1 rings (SSSR count). The zero-order valence-electron chi connectivity index (χ0n) is 10.0. The predicted octanol–water partition coefficient (Wildman–Crippen LogP) is 3.09. The molecule has 0 aliphatic carbocycles. The lowest BCUT2D eigenvalue weighted by Crippen LogP contribution is -2.33. The lowest BCUT2D eigenvalue weighted by atomic mass is 10.2. The number of unbranched alkanes of at least 4 members (excludes halogenated alkanes) is 1. The van der Waals surface area contributed by atoms with Gasteiger partial charge in [0.2, 0.25) is 5.79 Å². The SMILES string of the molecule is CCC/C=C/C=C/C1=CC(=O)OC(C)(C)O1. The van der Waals surface area contributed by atoms with E-state index in [2.05, 4.69) is 13.0 Å². The van der Waals surface area contributed by atoms with Crippen LogP contribution in [0, 0.1) is 0 Å². The minimum atomic E-state index is -0.876. The van der Waals surface area contributed by atoms with Crippen LogP contribution in [0.1, 0.15) is 33.6 Å². The number of hydrogen-bond donors (Lipinski definition) is 0. The molecule has 0 unspecified atom stereocenters. The second kappa shape index (κ2) is 5.54. The molecule has 0 aromatic carbocycles. The molecule has 16 heavy (non-hydrogen) atoms. The summed E-state index contributed by atoms with van der Waals surface area (Å²) in [6.07, 6.45) is 11.2. The zero-order valence-corrected chi connectivity index (χ0v) is 10.0. The maximum Gasteiger partial charge on any atom is 0.337 e. The molecule has 0 amide bonds. The molecule has 0 N–H and O–H groups in total. The van der Waals surface area contributed by atoms with Crippen LogP contribution >= 0.6 is 0 Å². The normalized spacial score (nSPS) is 19.7. The molecule has 0 atom stereocenters. The molecule has 1 heterocycles. The van der Waals surface area contributed by atoms with Crippen LogP contribution in [0.4, 0.5) is 0 Å². The molecule has 0 spiro atoms. The van der Waals surface area contributed by atoms with Crippen LogP contribution in [0.2, 0.25) is 0 Å². The van der Waals surface area contributed by atoms with E-state index in [0.717, 1.165) is 12.8 Å². The van der Waals surface area contributed by atoms with Crippen LogP contribution in [0.5, 0.6) is 0 Å². The summed E-state index contributed by atoms with van der Waals surface area (Å²) in [6.45, 7) is 5.54. The van der Waals surface area contributed by atoms with Gasteiger partial charge in [0.05, 0.1) is 6.08 Å². The lowest BCUT2D eigenvalue weighted by Gasteiger charge is -2.29. The Balaban J connectivity index is 2.57. The van der Waals surface area contributed by atoms with Crippen molar-refractivity contribution < 1.29 is 14.3 Å². The Bertz CT molecular complexity index is 335. The van der Waals surface area contributed by atoms with Gasteiger partial charge in [0.15, 0.2) is 0 Å². The van der Waals surface area contributed by atoms with Crippen molar-refractivity contribution in [1.82, 2.24) is 0 Å². The third kappa shape index (κ3) is 4.34. The van der Waals surface area contributed by atoms with Gasteiger partial charge in [-0.15, -0.1) is 0 Å². The Labute approximate surface area is 96.4 Å². The third-order valence-corrected chi connectivity index (χ3v) is 1.93. The van der Waals surface area contributed by atoms with E-state index in [1.807, 2.05) is 12.2 Å². The van der Waals surface area contributed by atoms with E-state index in [0.29, 0.717) is 5.76 Å². The maximum absolute atomic E-state index is 11.2. The summed E-state index contributed by atoms with van der Waals surface area (Å²) in [4.78, 5) is 11.2. The van der Waals surface area contributed by atoms with Crippen molar-refractivity contribution in [2.45, 2.75) is 39.4 Å². The van der Waals surface area contributed by atoms with E-state index in [-0.39, 0.29) is 5.97 Å². The fourth-order valence-electron chi connectivity index (χ4n) is 1.30. The van der Waals surface area contributed by atoms with Crippen LogP contribution in [-0.4, -0.2) is 11.8 Å². The highest BCUT2D eigenvalue weighted by atomic mass is 16.7. The predicted molar refractivity (Wildman–Crippen MR) is 62.5 cm³/mol.